The second-order valence-corrected chi connectivity index (χ2v) is 3.43. The van der Waals surface area contributed by atoms with Gasteiger partial charge in [-0.15, -0.1) is 0 Å². The topological polar surface area (TPSA) is 56.7 Å². The summed E-state index contributed by atoms with van der Waals surface area (Å²) in [4.78, 5) is 8.72. The minimum absolute atomic E-state index is 0.438. The third-order valence-corrected chi connectivity index (χ3v) is 2.49. The molecule has 0 spiro atoms. The number of pyridine rings is 1. The maximum atomic E-state index is 5.67. The highest BCUT2D eigenvalue weighted by atomic mass is 15.1. The molecule has 0 atom stereocenters. The summed E-state index contributed by atoms with van der Waals surface area (Å²) in [5.41, 5.74) is 8.49. The lowest BCUT2D eigenvalue weighted by Gasteiger charge is -2.04. The smallest absolute Gasteiger partial charge is 0.106 e. The predicted octanol–water partition coefficient (Wildman–Crippen LogP) is 1.25. The van der Waals surface area contributed by atoms with Gasteiger partial charge in [0.1, 0.15) is 5.82 Å². The van der Waals surface area contributed by atoms with Crippen LogP contribution in [0.5, 0.6) is 0 Å². The number of nitrogens with zero attached hydrogens (tertiary/aromatic N) is 3. The molecule has 0 amide bonds. The molecule has 2 aromatic rings. The molecule has 15 heavy (non-hydrogen) atoms. The lowest BCUT2D eigenvalue weighted by atomic mass is 10.2. The van der Waals surface area contributed by atoms with E-state index >= 15 is 0 Å². The van der Waals surface area contributed by atoms with Crippen molar-refractivity contribution in [2.24, 2.45) is 12.8 Å². The summed E-state index contributed by atoms with van der Waals surface area (Å²) in [5, 5.41) is 0. The number of imidazole rings is 1. The first-order chi connectivity index (χ1) is 7.24. The molecule has 2 heterocycles. The first-order valence-electron chi connectivity index (χ1n) is 4.87. The number of hydrogen-bond acceptors (Lipinski definition) is 3. The van der Waals surface area contributed by atoms with Gasteiger partial charge in [-0.25, -0.2) is 4.98 Å². The summed E-state index contributed by atoms with van der Waals surface area (Å²) in [5.74, 6) is 0.955. The Morgan fingerprint density at radius 2 is 2.20 bits per heavy atom. The monoisotopic (exact) mass is 202 g/mol. The van der Waals surface area contributed by atoms with E-state index in [1.807, 2.05) is 36.7 Å². The Balaban J connectivity index is 2.61. The molecule has 0 radical (unpaired) electrons. The maximum absolute atomic E-state index is 5.67. The highest BCUT2D eigenvalue weighted by Gasteiger charge is 2.13. The maximum Gasteiger partial charge on any atom is 0.106 e. The fourth-order valence-corrected chi connectivity index (χ4v) is 1.64. The number of aryl methyl sites for hydroxylation is 1. The minimum atomic E-state index is 0.438. The molecule has 0 saturated heterocycles. The second-order valence-electron chi connectivity index (χ2n) is 3.43. The zero-order valence-electron chi connectivity index (χ0n) is 8.94. The van der Waals surface area contributed by atoms with Crippen LogP contribution in [0.2, 0.25) is 0 Å². The van der Waals surface area contributed by atoms with Crippen molar-refractivity contribution >= 4 is 0 Å². The lowest BCUT2D eigenvalue weighted by molar-refractivity contribution is 0.862. The minimum Gasteiger partial charge on any atom is -0.330 e. The lowest BCUT2D eigenvalue weighted by Crippen LogP contribution is -2.01. The number of aromatic nitrogens is 3. The van der Waals surface area contributed by atoms with Crippen LogP contribution < -0.4 is 5.73 Å². The van der Waals surface area contributed by atoms with E-state index in [9.17, 15) is 0 Å². The first kappa shape index (κ1) is 9.86. The van der Waals surface area contributed by atoms with Crippen LogP contribution in [0.25, 0.3) is 11.4 Å². The molecule has 0 fully saturated rings. The molecule has 2 N–H and O–H groups in total. The summed E-state index contributed by atoms with van der Waals surface area (Å²) in [6.07, 6.45) is 1.78. The van der Waals surface area contributed by atoms with Crippen LogP contribution in [0, 0.1) is 6.92 Å². The summed E-state index contributed by atoms with van der Waals surface area (Å²) >= 11 is 0. The van der Waals surface area contributed by atoms with Gasteiger partial charge in [0.05, 0.1) is 17.1 Å². The molecule has 4 heteroatoms. The van der Waals surface area contributed by atoms with Crippen LogP contribution in [-0.2, 0) is 13.6 Å². The van der Waals surface area contributed by atoms with Gasteiger partial charge in [0.25, 0.3) is 0 Å². The quantitative estimate of drug-likeness (QED) is 0.797. The van der Waals surface area contributed by atoms with Crippen LogP contribution in [0.1, 0.15) is 11.5 Å². The van der Waals surface area contributed by atoms with Crippen molar-refractivity contribution in [1.29, 1.82) is 0 Å². The van der Waals surface area contributed by atoms with E-state index in [-0.39, 0.29) is 0 Å². The fourth-order valence-electron chi connectivity index (χ4n) is 1.64. The summed E-state index contributed by atoms with van der Waals surface area (Å²) in [6, 6.07) is 5.83. The average Bonchev–Trinajstić information content (AvgIpc) is 2.56. The van der Waals surface area contributed by atoms with E-state index in [2.05, 4.69) is 9.97 Å². The van der Waals surface area contributed by atoms with Gasteiger partial charge < -0.3 is 10.3 Å². The Morgan fingerprint density at radius 3 is 2.80 bits per heavy atom. The average molecular weight is 202 g/mol. The third kappa shape index (κ3) is 1.64. The molecule has 0 saturated carbocycles. The molecule has 0 aliphatic rings. The van der Waals surface area contributed by atoms with Gasteiger partial charge in [-0.3, -0.25) is 4.98 Å². The van der Waals surface area contributed by atoms with Gasteiger partial charge in [0.15, 0.2) is 0 Å². The molecule has 4 nitrogen and oxygen atoms in total. The van der Waals surface area contributed by atoms with E-state index < -0.39 is 0 Å². The van der Waals surface area contributed by atoms with Gasteiger partial charge in [0, 0.05) is 19.8 Å². The molecular formula is C11H14N4. The number of hydrogen-bond donors (Lipinski definition) is 1. The summed E-state index contributed by atoms with van der Waals surface area (Å²) in [7, 11) is 1.98. The Hall–Kier alpha value is -1.68. The first-order valence-corrected chi connectivity index (χ1v) is 4.87. The van der Waals surface area contributed by atoms with E-state index in [1.54, 1.807) is 6.20 Å². The Morgan fingerprint density at radius 1 is 1.40 bits per heavy atom. The van der Waals surface area contributed by atoms with Crippen LogP contribution in [-0.4, -0.2) is 14.5 Å². The van der Waals surface area contributed by atoms with E-state index in [0.29, 0.717) is 6.54 Å². The van der Waals surface area contributed by atoms with Gasteiger partial charge in [0.2, 0.25) is 0 Å². The standard InChI is InChI=1S/C11H14N4/c1-8-14-10(7-12)11(15(8)2)9-5-3-4-6-13-9/h3-6H,7,12H2,1-2H3. The molecule has 0 unspecified atom stereocenters. The van der Waals surface area contributed by atoms with Crippen molar-refractivity contribution in [3.05, 3.63) is 35.9 Å². The molecule has 0 aliphatic carbocycles. The largest absolute Gasteiger partial charge is 0.330 e. The SMILES string of the molecule is Cc1nc(CN)c(-c2ccccn2)n1C. The molecule has 78 valence electrons. The highest BCUT2D eigenvalue weighted by molar-refractivity contribution is 5.58. The van der Waals surface area contributed by atoms with Crippen molar-refractivity contribution < 1.29 is 0 Å². The van der Waals surface area contributed by atoms with E-state index in [1.165, 1.54) is 0 Å². The van der Waals surface area contributed by atoms with Crippen molar-refractivity contribution in [3.8, 4) is 11.4 Å². The van der Waals surface area contributed by atoms with Crippen LogP contribution in [0.15, 0.2) is 24.4 Å². The summed E-state index contributed by atoms with van der Waals surface area (Å²) < 4.78 is 2.02. The van der Waals surface area contributed by atoms with E-state index in [4.69, 9.17) is 5.73 Å². The number of rotatable bonds is 2. The Kier molecular flexibility index (Phi) is 2.51. The number of nitrogens with two attached hydrogens (primary N) is 1. The van der Waals surface area contributed by atoms with Gasteiger partial charge in [-0.05, 0) is 19.1 Å². The third-order valence-electron chi connectivity index (χ3n) is 2.49. The van der Waals surface area contributed by atoms with Crippen LogP contribution in [0.3, 0.4) is 0 Å². The highest BCUT2D eigenvalue weighted by Crippen LogP contribution is 2.21. The van der Waals surface area contributed by atoms with Crippen molar-refractivity contribution in [3.63, 3.8) is 0 Å². The fraction of sp³-hybridized carbons (Fsp3) is 0.273. The normalized spacial score (nSPS) is 10.6. The molecule has 2 aromatic heterocycles. The van der Waals surface area contributed by atoms with Crippen LogP contribution >= 0.6 is 0 Å². The Bertz CT molecular complexity index is 459. The van der Waals surface area contributed by atoms with Crippen molar-refractivity contribution in [1.82, 2.24) is 14.5 Å². The zero-order chi connectivity index (χ0) is 10.8. The molecule has 0 bridgehead atoms. The van der Waals surface area contributed by atoms with Crippen LogP contribution in [0.4, 0.5) is 0 Å². The zero-order valence-corrected chi connectivity index (χ0v) is 8.94. The van der Waals surface area contributed by atoms with Crippen molar-refractivity contribution in [2.45, 2.75) is 13.5 Å². The second kappa shape index (κ2) is 3.82. The molecule has 0 aromatic carbocycles. The van der Waals surface area contributed by atoms with Gasteiger partial charge in [-0.1, -0.05) is 6.07 Å². The Labute approximate surface area is 88.8 Å². The van der Waals surface area contributed by atoms with Gasteiger partial charge in [-0.2, -0.15) is 0 Å². The molecule has 2 rings (SSSR count). The predicted molar refractivity (Wildman–Crippen MR) is 59.1 cm³/mol. The molecule has 0 aliphatic heterocycles. The molecular weight excluding hydrogens is 188 g/mol. The van der Waals surface area contributed by atoms with Gasteiger partial charge >= 0.3 is 0 Å². The summed E-state index contributed by atoms with van der Waals surface area (Å²) in [6.45, 7) is 2.40. The van der Waals surface area contributed by atoms with Crippen molar-refractivity contribution in [2.75, 3.05) is 0 Å². The van der Waals surface area contributed by atoms with E-state index in [0.717, 1.165) is 22.9 Å².